The van der Waals surface area contributed by atoms with Crippen molar-refractivity contribution in [1.82, 2.24) is 5.32 Å². The first kappa shape index (κ1) is 17.1. The van der Waals surface area contributed by atoms with E-state index in [1.807, 2.05) is 19.1 Å². The first-order chi connectivity index (χ1) is 8.95. The van der Waals surface area contributed by atoms with Crippen LogP contribution in [0.2, 0.25) is 0 Å². The van der Waals surface area contributed by atoms with E-state index >= 15 is 0 Å². The molecule has 1 rings (SSSR count). The average molecular weight is 413 g/mol. The molecular weight excluding hydrogens is 394 g/mol. The van der Waals surface area contributed by atoms with E-state index in [2.05, 4.69) is 37.2 Å². The van der Waals surface area contributed by atoms with Gasteiger partial charge in [-0.1, -0.05) is 22.9 Å². The van der Waals surface area contributed by atoms with E-state index in [-0.39, 0.29) is 5.25 Å². The van der Waals surface area contributed by atoms with Gasteiger partial charge in [-0.3, -0.25) is 4.21 Å². The van der Waals surface area contributed by atoms with Crippen LogP contribution in [-0.4, -0.2) is 29.4 Å². The van der Waals surface area contributed by atoms with E-state index in [4.69, 9.17) is 4.74 Å². The number of hydrogen-bond donors (Lipinski definition) is 1. The molecule has 108 valence electrons. The highest BCUT2D eigenvalue weighted by molar-refractivity contribution is 9.11. The Morgan fingerprint density at radius 1 is 1.42 bits per heavy atom. The molecule has 0 saturated heterocycles. The van der Waals surface area contributed by atoms with Gasteiger partial charge in [-0.2, -0.15) is 0 Å². The summed E-state index contributed by atoms with van der Waals surface area (Å²) in [5.41, 5.74) is 1.09. The summed E-state index contributed by atoms with van der Waals surface area (Å²) in [4.78, 5) is 0. The standard InChI is InChI=1S/C13H19Br2NO2S/c1-9(19(3)17)4-5-16-8-10-6-11(14)7-12(15)13(10)18-2/h6-7,9,16H,4-5,8H2,1-3H3. The minimum Gasteiger partial charge on any atom is -0.495 e. The predicted molar refractivity (Wildman–Crippen MR) is 88.2 cm³/mol. The van der Waals surface area contributed by atoms with Crippen molar-refractivity contribution >= 4 is 42.7 Å². The van der Waals surface area contributed by atoms with E-state index in [0.29, 0.717) is 0 Å². The summed E-state index contributed by atoms with van der Waals surface area (Å²) < 4.78 is 18.6. The molecule has 1 N–H and O–H groups in total. The molecule has 19 heavy (non-hydrogen) atoms. The van der Waals surface area contributed by atoms with Gasteiger partial charge in [0.25, 0.3) is 0 Å². The smallest absolute Gasteiger partial charge is 0.137 e. The summed E-state index contributed by atoms with van der Waals surface area (Å²) in [6.45, 7) is 3.58. The second kappa shape index (κ2) is 8.39. The van der Waals surface area contributed by atoms with Gasteiger partial charge in [-0.25, -0.2) is 0 Å². The van der Waals surface area contributed by atoms with Crippen molar-refractivity contribution in [2.45, 2.75) is 25.1 Å². The van der Waals surface area contributed by atoms with Crippen LogP contribution in [0.3, 0.4) is 0 Å². The Morgan fingerprint density at radius 2 is 2.11 bits per heavy atom. The van der Waals surface area contributed by atoms with Gasteiger partial charge in [0.1, 0.15) is 5.75 Å². The lowest BCUT2D eigenvalue weighted by atomic mass is 10.2. The quantitative estimate of drug-likeness (QED) is 0.696. The zero-order chi connectivity index (χ0) is 14.4. The molecule has 0 amide bonds. The minimum atomic E-state index is -0.751. The van der Waals surface area contributed by atoms with Crippen molar-refractivity contribution < 1.29 is 8.95 Å². The molecule has 0 aliphatic carbocycles. The third-order valence-corrected chi connectivity index (χ3v) is 5.31. The van der Waals surface area contributed by atoms with Crippen LogP contribution in [0.5, 0.6) is 5.75 Å². The molecule has 0 heterocycles. The molecular formula is C13H19Br2NO2S. The van der Waals surface area contributed by atoms with Gasteiger partial charge in [-0.05, 0) is 41.0 Å². The van der Waals surface area contributed by atoms with Crippen LogP contribution < -0.4 is 10.1 Å². The van der Waals surface area contributed by atoms with Gasteiger partial charge in [0, 0.05) is 38.9 Å². The fraction of sp³-hybridized carbons (Fsp3) is 0.538. The summed E-state index contributed by atoms with van der Waals surface area (Å²) in [7, 11) is 0.915. The molecule has 1 aromatic rings. The second-order valence-electron chi connectivity index (χ2n) is 4.35. The Kier molecular flexibility index (Phi) is 7.57. The van der Waals surface area contributed by atoms with E-state index in [1.165, 1.54) is 0 Å². The maximum absolute atomic E-state index is 11.2. The maximum Gasteiger partial charge on any atom is 0.137 e. The largest absolute Gasteiger partial charge is 0.495 e. The zero-order valence-corrected chi connectivity index (χ0v) is 15.3. The Labute approximate surface area is 134 Å². The highest BCUT2D eigenvalue weighted by atomic mass is 79.9. The van der Waals surface area contributed by atoms with Gasteiger partial charge < -0.3 is 10.1 Å². The highest BCUT2D eigenvalue weighted by Crippen LogP contribution is 2.32. The van der Waals surface area contributed by atoms with E-state index in [9.17, 15) is 4.21 Å². The Bertz CT molecular complexity index is 455. The molecule has 0 spiro atoms. The predicted octanol–water partition coefficient (Wildman–Crippen LogP) is 3.47. The van der Waals surface area contributed by atoms with Crippen LogP contribution in [0.1, 0.15) is 18.9 Å². The molecule has 2 atom stereocenters. The Hall–Kier alpha value is 0.0900. The number of halogens is 2. The Morgan fingerprint density at radius 3 is 2.68 bits per heavy atom. The van der Waals surface area contributed by atoms with Crippen molar-refractivity contribution in [3.8, 4) is 5.75 Å². The lowest BCUT2D eigenvalue weighted by Crippen LogP contribution is -2.21. The molecule has 0 aliphatic rings. The lowest BCUT2D eigenvalue weighted by molar-refractivity contribution is 0.405. The molecule has 6 heteroatoms. The summed E-state index contributed by atoms with van der Waals surface area (Å²) in [6, 6.07) is 4.00. The normalized spacial score (nSPS) is 14.2. The number of ether oxygens (including phenoxy) is 1. The number of nitrogens with one attached hydrogen (secondary N) is 1. The van der Waals surface area contributed by atoms with Crippen LogP contribution in [0.15, 0.2) is 21.1 Å². The van der Waals surface area contributed by atoms with E-state index in [0.717, 1.165) is 39.8 Å². The second-order valence-corrected chi connectivity index (χ2v) is 7.93. The van der Waals surface area contributed by atoms with Crippen molar-refractivity contribution in [3.05, 3.63) is 26.6 Å². The Balaban J connectivity index is 2.56. The summed E-state index contributed by atoms with van der Waals surface area (Å²) in [5, 5.41) is 3.59. The van der Waals surface area contributed by atoms with Crippen LogP contribution >= 0.6 is 31.9 Å². The zero-order valence-electron chi connectivity index (χ0n) is 11.3. The van der Waals surface area contributed by atoms with Gasteiger partial charge in [0.05, 0.1) is 11.6 Å². The molecule has 1 aromatic carbocycles. The summed E-state index contributed by atoms with van der Waals surface area (Å²) in [6.07, 6.45) is 2.65. The fourth-order valence-electron chi connectivity index (χ4n) is 1.67. The molecule has 0 saturated carbocycles. The molecule has 3 nitrogen and oxygen atoms in total. The van der Waals surface area contributed by atoms with Crippen molar-refractivity contribution in [2.75, 3.05) is 19.9 Å². The first-order valence-corrected chi connectivity index (χ1v) is 9.21. The molecule has 2 unspecified atom stereocenters. The highest BCUT2D eigenvalue weighted by Gasteiger charge is 2.10. The van der Waals surface area contributed by atoms with Gasteiger partial charge in [0.15, 0.2) is 0 Å². The molecule has 0 radical (unpaired) electrons. The van der Waals surface area contributed by atoms with Gasteiger partial charge >= 0.3 is 0 Å². The molecule has 0 fully saturated rings. The molecule has 0 bridgehead atoms. The van der Waals surface area contributed by atoms with Crippen LogP contribution in [0.25, 0.3) is 0 Å². The van der Waals surface area contributed by atoms with E-state index in [1.54, 1.807) is 13.4 Å². The van der Waals surface area contributed by atoms with Gasteiger partial charge in [-0.15, -0.1) is 0 Å². The van der Waals surface area contributed by atoms with Crippen molar-refractivity contribution in [3.63, 3.8) is 0 Å². The molecule has 0 aromatic heterocycles. The van der Waals surface area contributed by atoms with Gasteiger partial charge in [0.2, 0.25) is 0 Å². The van der Waals surface area contributed by atoms with Crippen LogP contribution in [-0.2, 0) is 17.3 Å². The summed E-state index contributed by atoms with van der Waals surface area (Å²) >= 11 is 6.96. The lowest BCUT2D eigenvalue weighted by Gasteiger charge is -2.13. The average Bonchev–Trinajstić information content (AvgIpc) is 2.33. The van der Waals surface area contributed by atoms with E-state index < -0.39 is 10.8 Å². The SMILES string of the molecule is COc1c(Br)cc(Br)cc1CNCCC(C)S(C)=O. The van der Waals surface area contributed by atoms with Crippen LogP contribution in [0.4, 0.5) is 0 Å². The van der Waals surface area contributed by atoms with Crippen molar-refractivity contribution in [2.24, 2.45) is 0 Å². The maximum atomic E-state index is 11.2. The first-order valence-electron chi connectivity index (χ1n) is 6.00. The van der Waals surface area contributed by atoms with Crippen LogP contribution in [0, 0.1) is 0 Å². The summed E-state index contributed by atoms with van der Waals surface area (Å²) in [5.74, 6) is 0.850. The van der Waals surface area contributed by atoms with Crippen molar-refractivity contribution in [1.29, 1.82) is 0 Å². The fourth-order valence-corrected chi connectivity index (χ4v) is 3.59. The minimum absolute atomic E-state index is 0.226. The number of benzene rings is 1. The third kappa shape index (κ3) is 5.53. The number of rotatable bonds is 7. The number of hydrogen-bond acceptors (Lipinski definition) is 3. The monoisotopic (exact) mass is 411 g/mol. The topological polar surface area (TPSA) is 38.3 Å². The third-order valence-electron chi connectivity index (χ3n) is 2.90. The number of methoxy groups -OCH3 is 1. The molecule has 0 aliphatic heterocycles.